The van der Waals surface area contributed by atoms with Gasteiger partial charge in [-0.2, -0.15) is 0 Å². The van der Waals surface area contributed by atoms with Gasteiger partial charge < -0.3 is 5.32 Å². The Kier molecular flexibility index (Phi) is 5.18. The van der Waals surface area contributed by atoms with Crippen molar-refractivity contribution in [2.75, 3.05) is 0 Å². The topological polar surface area (TPSA) is 41.5 Å². The molecule has 2 aromatic carbocycles. The molecular weight excluding hydrogens is 340 g/mol. The molecule has 1 fully saturated rings. The van der Waals surface area contributed by atoms with E-state index in [0.29, 0.717) is 20.8 Å². The highest BCUT2D eigenvalue weighted by molar-refractivity contribution is 8.18. The summed E-state index contributed by atoms with van der Waals surface area (Å²) >= 11 is 7.28. The second-order valence-electron chi connectivity index (χ2n) is 5.26. The maximum absolute atomic E-state index is 12.1. The molecule has 1 N–H and O–H groups in total. The lowest BCUT2D eigenvalue weighted by Crippen LogP contribution is -2.19. The third-order valence-electron chi connectivity index (χ3n) is 3.24. The Morgan fingerprint density at radius 1 is 1.17 bits per heavy atom. The number of nitrogens with one attached hydrogen (secondary N) is 1. The predicted molar refractivity (Wildman–Crippen MR) is 102 cm³/mol. The number of carbonyl (C=O) groups excluding carboxylic acids is 1. The van der Waals surface area contributed by atoms with E-state index >= 15 is 0 Å². The lowest BCUT2D eigenvalue weighted by molar-refractivity contribution is -0.115. The number of hydrogen-bond acceptors (Lipinski definition) is 3. The van der Waals surface area contributed by atoms with Crippen LogP contribution in [0.15, 0.2) is 76.1 Å². The Bertz CT molecular complexity index is 857. The van der Waals surface area contributed by atoms with Gasteiger partial charge in [-0.05, 0) is 54.1 Å². The fraction of sp³-hybridized carbons (Fsp3) is 0.0526. The van der Waals surface area contributed by atoms with E-state index in [1.807, 2.05) is 61.5 Å². The fourth-order valence-electron chi connectivity index (χ4n) is 2.20. The monoisotopic (exact) mass is 354 g/mol. The van der Waals surface area contributed by atoms with Gasteiger partial charge in [0.15, 0.2) is 5.17 Å². The molecule has 0 radical (unpaired) electrons. The van der Waals surface area contributed by atoms with Crippen molar-refractivity contribution in [1.29, 1.82) is 0 Å². The molecule has 1 amide bonds. The molecule has 0 spiro atoms. The molecule has 0 unspecified atom stereocenters. The molecule has 0 aromatic heterocycles. The lowest BCUT2D eigenvalue weighted by Gasteiger charge is -1.97. The quantitative estimate of drug-likeness (QED) is 0.772. The maximum atomic E-state index is 12.1. The summed E-state index contributed by atoms with van der Waals surface area (Å²) in [4.78, 5) is 17.1. The van der Waals surface area contributed by atoms with Crippen molar-refractivity contribution in [2.24, 2.45) is 4.99 Å². The lowest BCUT2D eigenvalue weighted by atomic mass is 10.1. The fourth-order valence-corrected chi connectivity index (χ4v) is 3.28. The molecular formula is C19H15ClN2OS. The summed E-state index contributed by atoms with van der Waals surface area (Å²) in [7, 11) is 0. The van der Waals surface area contributed by atoms with Gasteiger partial charge in [0.25, 0.3) is 5.91 Å². The van der Waals surface area contributed by atoms with E-state index in [-0.39, 0.29) is 5.91 Å². The van der Waals surface area contributed by atoms with Gasteiger partial charge >= 0.3 is 0 Å². The molecule has 1 saturated heterocycles. The highest BCUT2D eigenvalue weighted by atomic mass is 35.5. The van der Waals surface area contributed by atoms with E-state index in [1.165, 1.54) is 11.8 Å². The summed E-state index contributed by atoms with van der Waals surface area (Å²) in [5.41, 5.74) is 2.81. The van der Waals surface area contributed by atoms with E-state index in [9.17, 15) is 4.79 Å². The summed E-state index contributed by atoms with van der Waals surface area (Å²) in [5.74, 6) is -0.137. The van der Waals surface area contributed by atoms with Gasteiger partial charge in [0.05, 0.1) is 10.6 Å². The van der Waals surface area contributed by atoms with Gasteiger partial charge in [0.1, 0.15) is 0 Å². The van der Waals surface area contributed by atoms with Gasteiger partial charge in [-0.25, -0.2) is 4.99 Å². The Morgan fingerprint density at radius 2 is 1.96 bits per heavy atom. The molecule has 0 aliphatic carbocycles. The first kappa shape index (κ1) is 16.6. The van der Waals surface area contributed by atoms with Gasteiger partial charge in [0.2, 0.25) is 0 Å². The second kappa shape index (κ2) is 7.51. The zero-order chi connectivity index (χ0) is 16.9. The van der Waals surface area contributed by atoms with Crippen molar-refractivity contribution >= 4 is 46.2 Å². The predicted octanol–water partition coefficient (Wildman–Crippen LogP) is 5.18. The number of thioether (sulfide) groups is 1. The van der Waals surface area contributed by atoms with Crippen LogP contribution in [-0.4, -0.2) is 11.1 Å². The van der Waals surface area contributed by atoms with Crippen molar-refractivity contribution in [3.05, 3.63) is 81.7 Å². The van der Waals surface area contributed by atoms with Crippen LogP contribution in [0.25, 0.3) is 6.08 Å². The first-order valence-corrected chi connectivity index (χ1v) is 8.58. The van der Waals surface area contributed by atoms with Crippen LogP contribution < -0.4 is 5.32 Å². The third-order valence-corrected chi connectivity index (χ3v) is 4.39. The first-order chi connectivity index (χ1) is 11.6. The van der Waals surface area contributed by atoms with Crippen LogP contribution in [0.1, 0.15) is 12.5 Å². The smallest absolute Gasteiger partial charge is 0.264 e. The molecule has 120 valence electrons. The molecule has 3 nitrogen and oxygen atoms in total. The van der Waals surface area contributed by atoms with Crippen LogP contribution in [0.2, 0.25) is 5.02 Å². The number of amidine groups is 1. The molecule has 5 heteroatoms. The largest absolute Gasteiger partial charge is 0.300 e. The molecule has 1 aliphatic heterocycles. The van der Waals surface area contributed by atoms with Crippen LogP contribution in [0.4, 0.5) is 5.69 Å². The molecule has 0 bridgehead atoms. The average Bonchev–Trinajstić information content (AvgIpc) is 2.87. The number of halogens is 1. The standard InChI is InChI=1S/C19H15ClN2OS/c1-13(10-14-6-3-2-4-7-14)11-17-18(23)22-19(24-17)21-16-9-5-8-15(20)12-16/h2-12H,1H3,(H,21,22,23)/b13-10+,17-11+. The summed E-state index contributed by atoms with van der Waals surface area (Å²) in [6.45, 7) is 1.97. The van der Waals surface area contributed by atoms with Crippen molar-refractivity contribution in [2.45, 2.75) is 6.92 Å². The Morgan fingerprint density at radius 3 is 2.71 bits per heavy atom. The van der Waals surface area contributed by atoms with E-state index in [0.717, 1.165) is 11.1 Å². The summed E-state index contributed by atoms with van der Waals surface area (Å²) in [5, 5.41) is 3.95. The van der Waals surface area contributed by atoms with Gasteiger partial charge in [-0.15, -0.1) is 0 Å². The minimum absolute atomic E-state index is 0.137. The molecule has 1 heterocycles. The number of carbonyl (C=O) groups is 1. The van der Waals surface area contributed by atoms with E-state index in [4.69, 9.17) is 11.6 Å². The SMILES string of the molecule is CC(=C\c1ccccc1)/C=C1/SC(=Nc2cccc(Cl)c2)NC1=O. The first-order valence-electron chi connectivity index (χ1n) is 7.39. The van der Waals surface area contributed by atoms with Crippen LogP contribution in [0, 0.1) is 0 Å². The zero-order valence-electron chi connectivity index (χ0n) is 13.0. The van der Waals surface area contributed by atoms with E-state index in [2.05, 4.69) is 10.3 Å². The number of allylic oxidation sites excluding steroid dienone is 2. The molecule has 2 aromatic rings. The van der Waals surface area contributed by atoms with E-state index in [1.54, 1.807) is 12.1 Å². The van der Waals surface area contributed by atoms with Crippen LogP contribution in [0.5, 0.6) is 0 Å². The van der Waals surface area contributed by atoms with Crippen molar-refractivity contribution in [1.82, 2.24) is 5.32 Å². The minimum atomic E-state index is -0.137. The number of aliphatic imine (C=N–C) groups is 1. The van der Waals surface area contributed by atoms with E-state index < -0.39 is 0 Å². The molecule has 24 heavy (non-hydrogen) atoms. The Labute approximate surface area is 150 Å². The molecule has 0 atom stereocenters. The highest BCUT2D eigenvalue weighted by Crippen LogP contribution is 2.28. The number of amides is 1. The normalized spacial score (nSPS) is 18.2. The number of rotatable bonds is 3. The summed E-state index contributed by atoms with van der Waals surface area (Å²) in [6.07, 6.45) is 3.90. The number of benzene rings is 2. The summed E-state index contributed by atoms with van der Waals surface area (Å²) in [6, 6.07) is 17.2. The van der Waals surface area contributed by atoms with Crippen LogP contribution >= 0.6 is 23.4 Å². The molecule has 1 aliphatic rings. The minimum Gasteiger partial charge on any atom is -0.300 e. The van der Waals surface area contributed by atoms with Crippen LogP contribution in [0.3, 0.4) is 0 Å². The van der Waals surface area contributed by atoms with Crippen molar-refractivity contribution in [3.8, 4) is 0 Å². The van der Waals surface area contributed by atoms with Gasteiger partial charge in [0, 0.05) is 5.02 Å². The van der Waals surface area contributed by atoms with Gasteiger partial charge in [-0.3, -0.25) is 4.79 Å². The highest BCUT2D eigenvalue weighted by Gasteiger charge is 2.23. The summed E-state index contributed by atoms with van der Waals surface area (Å²) < 4.78 is 0. The van der Waals surface area contributed by atoms with Crippen LogP contribution in [-0.2, 0) is 4.79 Å². The van der Waals surface area contributed by atoms with Crippen molar-refractivity contribution in [3.63, 3.8) is 0 Å². The zero-order valence-corrected chi connectivity index (χ0v) is 14.6. The third kappa shape index (κ3) is 4.37. The Balaban J connectivity index is 1.78. The van der Waals surface area contributed by atoms with Crippen molar-refractivity contribution < 1.29 is 4.79 Å². The number of hydrogen-bond donors (Lipinski definition) is 1. The number of nitrogens with zero attached hydrogens (tertiary/aromatic N) is 1. The second-order valence-corrected chi connectivity index (χ2v) is 6.73. The molecule has 0 saturated carbocycles. The van der Waals surface area contributed by atoms with Gasteiger partial charge in [-0.1, -0.05) is 54.1 Å². The maximum Gasteiger partial charge on any atom is 0.264 e. The molecule has 3 rings (SSSR count). The Hall–Kier alpha value is -2.30. The average molecular weight is 355 g/mol.